The van der Waals surface area contributed by atoms with Crippen LogP contribution in [0, 0.1) is 0 Å². The Balaban J connectivity index is 1.08. The van der Waals surface area contributed by atoms with Crippen molar-refractivity contribution >= 4 is 79.2 Å². The number of hydrogen-bond acceptors (Lipinski definition) is 8. The van der Waals surface area contributed by atoms with Crippen LogP contribution in [-0.2, 0) is 14.1 Å². The number of aryl methyl sites for hydroxylation is 2. The van der Waals surface area contributed by atoms with Gasteiger partial charge in [-0.05, 0) is 131 Å². The van der Waals surface area contributed by atoms with E-state index in [1.807, 2.05) is 36.7 Å². The van der Waals surface area contributed by atoms with Gasteiger partial charge in [0.25, 0.3) is 0 Å². The summed E-state index contributed by atoms with van der Waals surface area (Å²) in [5, 5.41) is 0. The molecule has 6 heterocycles. The Labute approximate surface area is 393 Å². The van der Waals surface area contributed by atoms with E-state index in [0.717, 1.165) is 124 Å². The van der Waals surface area contributed by atoms with Gasteiger partial charge in [-0.3, -0.25) is 0 Å². The Morgan fingerprint density at radius 3 is 1.24 bits per heavy atom. The van der Waals surface area contributed by atoms with Gasteiger partial charge in [0.1, 0.15) is 22.7 Å². The van der Waals surface area contributed by atoms with Crippen LogP contribution in [0.25, 0.3) is 67.4 Å². The van der Waals surface area contributed by atoms with Crippen molar-refractivity contribution in [2.75, 3.05) is 33.7 Å². The van der Waals surface area contributed by atoms with Gasteiger partial charge in [0.15, 0.2) is 11.3 Å². The van der Waals surface area contributed by atoms with Gasteiger partial charge in [-0.2, -0.15) is 0 Å². The molecule has 0 spiro atoms. The van der Waals surface area contributed by atoms with E-state index < -0.39 is 0 Å². The third-order valence-electron chi connectivity index (χ3n) is 13.6. The third-order valence-corrected chi connectivity index (χ3v) is 13.6. The molecule has 13 rings (SSSR count). The van der Waals surface area contributed by atoms with Gasteiger partial charge in [0.05, 0.1) is 45.5 Å². The van der Waals surface area contributed by atoms with Gasteiger partial charge in [0, 0.05) is 63.1 Å². The van der Waals surface area contributed by atoms with Crippen molar-refractivity contribution < 1.29 is 0 Å². The zero-order valence-corrected chi connectivity index (χ0v) is 37.9. The largest absolute Gasteiger partial charge is 0.341 e. The standard InChI is InChI=1S/C58H44N10/c1-63-46-23-5-9-27-50(46)67(51-28-10-6-24-47(51)63)40-19-13-17-37(33-40)39-35-42(38-18-14-20-41(34-38)68-52-29-11-7-25-48(52)64(2)49-26-8-12-30-53(49)68)54(58-62-45-22-16-32-60-57(45)66(58)4)43(36-39)55-61-44-21-15-31-59-56(44)65(55)3/h5-36H,1-4H3. The van der Waals surface area contributed by atoms with Crippen molar-refractivity contribution in [1.82, 2.24) is 29.1 Å². The summed E-state index contributed by atoms with van der Waals surface area (Å²) in [6, 6.07) is 64.8. The molecule has 2 aliphatic heterocycles. The third kappa shape index (κ3) is 5.97. The van der Waals surface area contributed by atoms with Gasteiger partial charge in [0.2, 0.25) is 0 Å². The Morgan fingerprint density at radius 1 is 0.338 bits per heavy atom. The lowest BCUT2D eigenvalue weighted by Crippen LogP contribution is -2.23. The van der Waals surface area contributed by atoms with E-state index in [4.69, 9.17) is 19.9 Å². The molecule has 0 fully saturated rings. The Morgan fingerprint density at radius 2 is 0.750 bits per heavy atom. The number of aromatic nitrogens is 6. The van der Waals surface area contributed by atoms with E-state index >= 15 is 0 Å². The molecule has 4 aromatic heterocycles. The van der Waals surface area contributed by atoms with Crippen LogP contribution in [0.2, 0.25) is 0 Å². The lowest BCUT2D eigenvalue weighted by molar-refractivity contribution is 0.932. The van der Waals surface area contributed by atoms with E-state index in [0.29, 0.717) is 0 Å². The summed E-state index contributed by atoms with van der Waals surface area (Å²) in [6.07, 6.45) is 3.66. The van der Waals surface area contributed by atoms with Crippen LogP contribution in [0.4, 0.5) is 56.9 Å². The summed E-state index contributed by atoms with van der Waals surface area (Å²) in [4.78, 5) is 29.6. The van der Waals surface area contributed by atoms with Crippen LogP contribution in [0.15, 0.2) is 194 Å². The summed E-state index contributed by atoms with van der Waals surface area (Å²) < 4.78 is 4.21. The fraction of sp³-hybridized carbons (Fsp3) is 0.0690. The van der Waals surface area contributed by atoms with Crippen molar-refractivity contribution in [1.29, 1.82) is 0 Å². The molecule has 326 valence electrons. The highest BCUT2D eigenvalue weighted by Crippen LogP contribution is 2.53. The highest BCUT2D eigenvalue weighted by Gasteiger charge is 2.31. The van der Waals surface area contributed by atoms with Crippen molar-refractivity contribution in [3.63, 3.8) is 0 Å². The predicted octanol–water partition coefficient (Wildman–Crippen LogP) is 14.0. The second kappa shape index (κ2) is 15.3. The zero-order chi connectivity index (χ0) is 45.6. The molecular formula is C58H44N10. The van der Waals surface area contributed by atoms with Crippen molar-refractivity contribution in [3.8, 4) is 45.0 Å². The average molecular weight is 881 g/mol. The number of anilines is 10. The quantitative estimate of drug-likeness (QED) is 0.163. The zero-order valence-electron chi connectivity index (χ0n) is 37.9. The minimum Gasteiger partial charge on any atom is -0.341 e. The Bertz CT molecular complexity index is 3710. The molecular weight excluding hydrogens is 837 g/mol. The molecule has 10 heteroatoms. The number of benzene rings is 7. The number of nitrogens with zero attached hydrogens (tertiary/aromatic N) is 10. The molecule has 11 aromatic rings. The summed E-state index contributed by atoms with van der Waals surface area (Å²) in [5.74, 6) is 1.57. The lowest BCUT2D eigenvalue weighted by Gasteiger charge is -2.38. The summed E-state index contributed by atoms with van der Waals surface area (Å²) in [6.45, 7) is 0. The Hall–Kier alpha value is -9.02. The predicted molar refractivity (Wildman–Crippen MR) is 278 cm³/mol. The van der Waals surface area contributed by atoms with E-state index in [-0.39, 0.29) is 0 Å². The molecule has 0 aliphatic carbocycles. The van der Waals surface area contributed by atoms with Crippen molar-refractivity contribution in [2.24, 2.45) is 14.1 Å². The molecule has 2 aliphatic rings. The molecule has 10 nitrogen and oxygen atoms in total. The topological polar surface area (TPSA) is 74.4 Å². The molecule has 0 saturated heterocycles. The fourth-order valence-electron chi connectivity index (χ4n) is 10.4. The molecule has 7 aromatic carbocycles. The Kier molecular flexibility index (Phi) is 8.85. The van der Waals surface area contributed by atoms with Crippen LogP contribution in [-0.4, -0.2) is 43.2 Å². The first-order valence-corrected chi connectivity index (χ1v) is 22.8. The molecule has 0 radical (unpaired) electrons. The second-order valence-corrected chi connectivity index (χ2v) is 17.5. The smallest absolute Gasteiger partial charge is 0.159 e. The molecule has 0 atom stereocenters. The molecule has 0 saturated carbocycles. The van der Waals surface area contributed by atoms with E-state index in [2.05, 4.69) is 215 Å². The highest BCUT2D eigenvalue weighted by atomic mass is 15.3. The number of pyridine rings is 2. The maximum Gasteiger partial charge on any atom is 0.159 e. The first kappa shape index (κ1) is 39.4. The maximum absolute atomic E-state index is 5.37. The molecule has 0 bridgehead atoms. The first-order valence-electron chi connectivity index (χ1n) is 22.8. The van der Waals surface area contributed by atoms with Gasteiger partial charge in [-0.25, -0.2) is 19.9 Å². The monoisotopic (exact) mass is 880 g/mol. The summed E-state index contributed by atoms with van der Waals surface area (Å²) in [7, 11) is 8.39. The number of hydrogen-bond donors (Lipinski definition) is 0. The van der Waals surface area contributed by atoms with Gasteiger partial charge < -0.3 is 28.7 Å². The van der Waals surface area contributed by atoms with Crippen LogP contribution < -0.4 is 19.6 Å². The molecule has 0 unspecified atom stereocenters. The summed E-state index contributed by atoms with van der Waals surface area (Å²) >= 11 is 0. The maximum atomic E-state index is 5.37. The minimum atomic E-state index is 0.785. The van der Waals surface area contributed by atoms with Gasteiger partial charge in [-0.1, -0.05) is 72.8 Å². The number of fused-ring (bicyclic) bond motifs is 6. The molecule has 0 N–H and O–H groups in total. The fourth-order valence-corrected chi connectivity index (χ4v) is 10.4. The van der Waals surface area contributed by atoms with E-state index in [1.54, 1.807) is 0 Å². The van der Waals surface area contributed by atoms with Crippen LogP contribution in [0.3, 0.4) is 0 Å². The summed E-state index contributed by atoms with van der Waals surface area (Å²) in [5.41, 5.74) is 20.4. The second-order valence-electron chi connectivity index (χ2n) is 17.5. The number of para-hydroxylation sites is 8. The normalized spacial score (nSPS) is 12.9. The minimum absolute atomic E-state index is 0.785. The van der Waals surface area contributed by atoms with Crippen molar-refractivity contribution in [2.45, 2.75) is 0 Å². The van der Waals surface area contributed by atoms with Gasteiger partial charge in [-0.15, -0.1) is 0 Å². The average Bonchev–Trinajstić information content (AvgIpc) is 3.91. The lowest BCUT2D eigenvalue weighted by atomic mass is 9.89. The van der Waals surface area contributed by atoms with Gasteiger partial charge >= 0.3 is 0 Å². The molecule has 0 amide bonds. The first-order chi connectivity index (χ1) is 33.4. The SMILES string of the molecule is CN1c2ccccc2N(c2cccc(-c3cc(-c4cccc(N5c6ccccc6N(C)c6ccccc65)c4)c(-c4nc5cccnc5n4C)c(-c4nc5cccnc5n4C)c3)c2)c2ccccc21. The number of imidazole rings is 2. The number of rotatable bonds is 6. The highest BCUT2D eigenvalue weighted by molar-refractivity contribution is 6.02. The molecule has 68 heavy (non-hydrogen) atoms. The van der Waals surface area contributed by atoms with E-state index in [1.165, 1.54) is 0 Å². The van der Waals surface area contributed by atoms with Crippen LogP contribution >= 0.6 is 0 Å². The van der Waals surface area contributed by atoms with Crippen LogP contribution in [0.1, 0.15) is 0 Å². The van der Waals surface area contributed by atoms with Crippen LogP contribution in [0.5, 0.6) is 0 Å². The van der Waals surface area contributed by atoms with E-state index in [9.17, 15) is 0 Å². The van der Waals surface area contributed by atoms with Crippen molar-refractivity contribution in [3.05, 3.63) is 194 Å².